The fourth-order valence-electron chi connectivity index (χ4n) is 3.17. The first-order valence-electron chi connectivity index (χ1n) is 8.19. The smallest absolute Gasteiger partial charge is 0.298 e. The maximum atomic E-state index is 12.9. The molecule has 2 aromatic rings. The molecule has 7 heteroatoms. The summed E-state index contributed by atoms with van der Waals surface area (Å²) in [6, 6.07) is 7.68. The lowest BCUT2D eigenvalue weighted by Crippen LogP contribution is -3.15. The maximum Gasteiger partial charge on any atom is 0.298 e. The van der Waals surface area contributed by atoms with Crippen molar-refractivity contribution in [2.75, 3.05) is 32.8 Å². The average molecular weight is 346 g/mol. The van der Waals surface area contributed by atoms with Crippen molar-refractivity contribution in [2.24, 2.45) is 5.10 Å². The van der Waals surface area contributed by atoms with Crippen molar-refractivity contribution in [2.45, 2.75) is 12.5 Å². The molecule has 4 heterocycles. The molecule has 126 valence electrons. The Labute approximate surface area is 144 Å². The molecule has 6 nitrogen and oxygen atoms in total. The van der Waals surface area contributed by atoms with Crippen molar-refractivity contribution in [3.8, 4) is 0 Å². The summed E-state index contributed by atoms with van der Waals surface area (Å²) in [5, 5.41) is 8.29. The summed E-state index contributed by atoms with van der Waals surface area (Å²) in [7, 11) is 0. The van der Waals surface area contributed by atoms with Crippen LogP contribution in [0.4, 0.5) is 0 Å². The van der Waals surface area contributed by atoms with E-state index in [2.05, 4.69) is 5.10 Å². The second kappa shape index (κ2) is 6.88. The lowest BCUT2D eigenvalue weighted by Gasteiger charge is -2.26. The Balaban J connectivity index is 1.55. The van der Waals surface area contributed by atoms with Crippen molar-refractivity contribution in [3.63, 3.8) is 0 Å². The standard InChI is InChI=1S/C17H19N3O3S/c21-17(12-19-5-8-22-9-6-19)20-14(15-3-1-7-23-15)11-13(18-20)16-4-2-10-24-16/h1-4,7,10,14H,5-6,8-9,11-12H2/p+1/t14-/m1/s1. The first-order chi connectivity index (χ1) is 11.8. The molecule has 0 bridgehead atoms. The zero-order chi connectivity index (χ0) is 16.4. The Morgan fingerprint density at radius 1 is 1.33 bits per heavy atom. The quantitative estimate of drug-likeness (QED) is 0.896. The van der Waals surface area contributed by atoms with Gasteiger partial charge in [-0.25, -0.2) is 5.01 Å². The van der Waals surface area contributed by atoms with E-state index >= 15 is 0 Å². The zero-order valence-corrected chi connectivity index (χ0v) is 14.1. The Hall–Kier alpha value is -1.96. The molecule has 1 N–H and O–H groups in total. The monoisotopic (exact) mass is 346 g/mol. The minimum Gasteiger partial charge on any atom is -0.467 e. The van der Waals surface area contributed by atoms with E-state index in [4.69, 9.17) is 9.15 Å². The van der Waals surface area contributed by atoms with Crippen molar-refractivity contribution in [1.29, 1.82) is 0 Å². The molecule has 2 aliphatic rings. The van der Waals surface area contributed by atoms with E-state index in [-0.39, 0.29) is 11.9 Å². The number of nitrogens with zero attached hydrogens (tertiary/aromatic N) is 2. The van der Waals surface area contributed by atoms with Gasteiger partial charge in [-0.05, 0) is 23.6 Å². The lowest BCUT2D eigenvalue weighted by molar-refractivity contribution is -0.900. The number of hydrogen-bond acceptors (Lipinski definition) is 5. The Kier molecular flexibility index (Phi) is 4.46. The van der Waals surface area contributed by atoms with Crippen LogP contribution in [-0.4, -0.2) is 49.5 Å². The molecule has 2 aromatic heterocycles. The predicted octanol–water partition coefficient (Wildman–Crippen LogP) is 0.934. The highest BCUT2D eigenvalue weighted by Crippen LogP contribution is 2.33. The van der Waals surface area contributed by atoms with Gasteiger partial charge >= 0.3 is 0 Å². The highest BCUT2D eigenvalue weighted by Gasteiger charge is 2.36. The van der Waals surface area contributed by atoms with Crippen molar-refractivity contribution in [1.82, 2.24) is 5.01 Å². The fourth-order valence-corrected chi connectivity index (χ4v) is 3.89. The Morgan fingerprint density at radius 2 is 2.21 bits per heavy atom. The minimum atomic E-state index is -0.148. The van der Waals surface area contributed by atoms with Crippen molar-refractivity contribution in [3.05, 3.63) is 46.5 Å². The van der Waals surface area contributed by atoms with Crippen LogP contribution in [0.1, 0.15) is 23.1 Å². The number of hydrogen-bond donors (Lipinski definition) is 1. The van der Waals surface area contributed by atoms with Gasteiger partial charge in [0.05, 0.1) is 30.1 Å². The van der Waals surface area contributed by atoms with Gasteiger partial charge in [0.2, 0.25) is 0 Å². The van der Waals surface area contributed by atoms with Gasteiger partial charge in [-0.1, -0.05) is 6.07 Å². The highest BCUT2D eigenvalue weighted by atomic mass is 32.1. The summed E-state index contributed by atoms with van der Waals surface area (Å²) in [4.78, 5) is 15.2. The van der Waals surface area contributed by atoms with Crippen LogP contribution < -0.4 is 4.90 Å². The summed E-state index contributed by atoms with van der Waals surface area (Å²) in [5.74, 6) is 0.829. The molecule has 1 saturated heterocycles. The summed E-state index contributed by atoms with van der Waals surface area (Å²) < 4.78 is 10.9. The number of thiophene rings is 1. The Bertz CT molecular complexity index is 706. The SMILES string of the molecule is O=C(C[NH+]1CCOCC1)N1N=C(c2cccs2)C[C@@H]1c1ccco1. The van der Waals surface area contributed by atoms with E-state index in [1.807, 2.05) is 29.6 Å². The summed E-state index contributed by atoms with van der Waals surface area (Å²) >= 11 is 1.65. The largest absolute Gasteiger partial charge is 0.467 e. The molecule has 24 heavy (non-hydrogen) atoms. The first kappa shape index (κ1) is 15.6. The van der Waals surface area contributed by atoms with Gasteiger partial charge in [-0.3, -0.25) is 4.79 Å². The van der Waals surface area contributed by atoms with Crippen LogP contribution in [-0.2, 0) is 9.53 Å². The number of carbonyl (C=O) groups is 1. The lowest BCUT2D eigenvalue weighted by atomic mass is 10.1. The van der Waals surface area contributed by atoms with Crippen LogP contribution in [0.2, 0.25) is 0 Å². The van der Waals surface area contributed by atoms with Gasteiger partial charge in [-0.15, -0.1) is 11.3 Å². The fraction of sp³-hybridized carbons (Fsp3) is 0.412. The predicted molar refractivity (Wildman–Crippen MR) is 90.2 cm³/mol. The second-order valence-corrected chi connectivity index (χ2v) is 6.98. The van der Waals surface area contributed by atoms with Crippen LogP contribution in [0.15, 0.2) is 45.4 Å². The number of amides is 1. The number of hydrazone groups is 1. The van der Waals surface area contributed by atoms with Gasteiger partial charge in [0.25, 0.3) is 5.91 Å². The van der Waals surface area contributed by atoms with Crippen LogP contribution in [0.3, 0.4) is 0 Å². The van der Waals surface area contributed by atoms with E-state index in [0.29, 0.717) is 26.2 Å². The molecular formula is C17H20N3O3S+. The van der Waals surface area contributed by atoms with Gasteiger partial charge in [-0.2, -0.15) is 5.10 Å². The number of nitrogens with one attached hydrogen (secondary N) is 1. The third kappa shape index (κ3) is 3.15. The number of quaternary nitrogens is 1. The third-order valence-electron chi connectivity index (χ3n) is 4.44. The summed E-state index contributed by atoms with van der Waals surface area (Å²) in [5.41, 5.74) is 0.955. The number of furan rings is 1. The van der Waals surface area contributed by atoms with Gasteiger partial charge in [0.1, 0.15) is 24.9 Å². The van der Waals surface area contributed by atoms with Crippen LogP contribution in [0, 0.1) is 0 Å². The molecule has 0 radical (unpaired) electrons. The number of carbonyl (C=O) groups excluding carboxylic acids is 1. The minimum absolute atomic E-state index is 0.0415. The van der Waals surface area contributed by atoms with E-state index in [9.17, 15) is 4.79 Å². The molecular weight excluding hydrogens is 326 g/mol. The number of morpholine rings is 1. The molecule has 4 rings (SSSR count). The Morgan fingerprint density at radius 3 is 2.92 bits per heavy atom. The van der Waals surface area contributed by atoms with Crippen LogP contribution in [0.5, 0.6) is 0 Å². The average Bonchev–Trinajstić information content (AvgIpc) is 3.35. The maximum absolute atomic E-state index is 12.9. The van der Waals surface area contributed by atoms with Gasteiger partial charge < -0.3 is 14.1 Å². The van der Waals surface area contributed by atoms with Crippen LogP contribution in [0.25, 0.3) is 0 Å². The van der Waals surface area contributed by atoms with E-state index in [1.165, 1.54) is 4.90 Å². The number of rotatable bonds is 4. The number of ether oxygens (including phenoxy) is 1. The topological polar surface area (TPSA) is 59.5 Å². The molecule has 1 atom stereocenters. The van der Waals surface area contributed by atoms with Gasteiger partial charge in [0, 0.05) is 6.42 Å². The first-order valence-corrected chi connectivity index (χ1v) is 9.07. The van der Waals surface area contributed by atoms with E-state index in [0.717, 1.165) is 29.4 Å². The normalized spacial score (nSPS) is 21.9. The molecule has 0 aromatic carbocycles. The molecule has 0 unspecified atom stereocenters. The third-order valence-corrected chi connectivity index (χ3v) is 5.36. The molecule has 1 amide bonds. The zero-order valence-electron chi connectivity index (χ0n) is 13.3. The highest BCUT2D eigenvalue weighted by molar-refractivity contribution is 7.12. The molecule has 0 saturated carbocycles. The summed E-state index contributed by atoms with van der Waals surface area (Å²) in [6.07, 6.45) is 2.34. The molecule has 1 fully saturated rings. The van der Waals surface area contributed by atoms with Crippen LogP contribution >= 0.6 is 11.3 Å². The van der Waals surface area contributed by atoms with Gasteiger partial charge in [0.15, 0.2) is 6.54 Å². The van der Waals surface area contributed by atoms with Crippen molar-refractivity contribution >= 4 is 23.0 Å². The summed E-state index contributed by atoms with van der Waals surface area (Å²) in [6.45, 7) is 3.61. The van der Waals surface area contributed by atoms with Crippen molar-refractivity contribution < 1.29 is 18.8 Å². The second-order valence-electron chi connectivity index (χ2n) is 6.04. The molecule has 2 aliphatic heterocycles. The molecule has 0 aliphatic carbocycles. The van der Waals surface area contributed by atoms with E-state index in [1.54, 1.807) is 22.6 Å². The molecule has 0 spiro atoms. The van der Waals surface area contributed by atoms with E-state index < -0.39 is 0 Å².